The van der Waals surface area contributed by atoms with Crippen molar-refractivity contribution in [3.05, 3.63) is 66.1 Å². The van der Waals surface area contributed by atoms with E-state index in [2.05, 4.69) is 16.0 Å². The Morgan fingerprint density at radius 1 is 1.12 bits per heavy atom. The van der Waals surface area contributed by atoms with Crippen molar-refractivity contribution in [1.82, 2.24) is 24.5 Å². The Morgan fingerprint density at radius 3 is 2.48 bits per heavy atom. The lowest BCUT2D eigenvalue weighted by Crippen LogP contribution is -2.33. The Labute approximate surface area is 244 Å². The van der Waals surface area contributed by atoms with E-state index in [1.54, 1.807) is 24.1 Å². The normalized spacial score (nSPS) is 19.3. The topological polar surface area (TPSA) is 143 Å². The molecule has 0 radical (unpaired) electrons. The Morgan fingerprint density at radius 2 is 1.86 bits per heavy atom. The summed E-state index contributed by atoms with van der Waals surface area (Å²) in [5.41, 5.74) is 3.47. The highest BCUT2D eigenvalue weighted by atomic mass is 32.2. The molecular formula is C30H31N7O4S. The highest BCUT2D eigenvalue weighted by molar-refractivity contribution is 7.89. The summed E-state index contributed by atoms with van der Waals surface area (Å²) in [6, 6.07) is 17.4. The summed E-state index contributed by atoms with van der Waals surface area (Å²) in [6.07, 6.45) is 6.06. The Kier molecular flexibility index (Phi) is 7.38. The zero-order valence-electron chi connectivity index (χ0n) is 23.4. The molecule has 1 aromatic carbocycles. The second-order valence-corrected chi connectivity index (χ2v) is 12.7. The number of nitrogens with one attached hydrogen (secondary N) is 1. The first-order valence-electron chi connectivity index (χ1n) is 13.9. The van der Waals surface area contributed by atoms with E-state index < -0.39 is 15.9 Å². The van der Waals surface area contributed by atoms with Gasteiger partial charge in [0.15, 0.2) is 5.65 Å². The fourth-order valence-corrected chi connectivity index (χ4v) is 6.13. The molecule has 2 aliphatic rings. The fourth-order valence-electron chi connectivity index (χ4n) is 5.69. The molecule has 2 fully saturated rings. The molecule has 0 spiro atoms. The van der Waals surface area contributed by atoms with Crippen LogP contribution in [0.3, 0.4) is 0 Å². The molecule has 216 valence electrons. The SMILES string of the molecule is COC1CC(c2nn(-c3ccccc3)c3nc(C(=O)NS(C)(=O)=O)cc(-c4ccc(N5CCC(C#N)CC5)nc4)c23)C1. The molecular weight excluding hydrogens is 554 g/mol. The molecule has 1 saturated carbocycles. The molecule has 1 amide bonds. The summed E-state index contributed by atoms with van der Waals surface area (Å²) >= 11 is 0. The second kappa shape index (κ2) is 11.2. The van der Waals surface area contributed by atoms with Crippen molar-refractivity contribution in [2.24, 2.45) is 5.92 Å². The molecule has 1 aliphatic carbocycles. The number of aromatic nitrogens is 4. The largest absolute Gasteiger partial charge is 0.381 e. The van der Waals surface area contributed by atoms with Crippen molar-refractivity contribution in [3.63, 3.8) is 0 Å². The molecule has 12 heteroatoms. The minimum atomic E-state index is -3.81. The van der Waals surface area contributed by atoms with Crippen LogP contribution in [0.25, 0.3) is 27.8 Å². The van der Waals surface area contributed by atoms with Gasteiger partial charge in [0.2, 0.25) is 10.0 Å². The van der Waals surface area contributed by atoms with E-state index in [4.69, 9.17) is 14.8 Å². The van der Waals surface area contributed by atoms with E-state index in [-0.39, 0.29) is 23.6 Å². The number of carbonyl (C=O) groups is 1. The number of anilines is 1. The van der Waals surface area contributed by atoms with Crippen LogP contribution >= 0.6 is 0 Å². The van der Waals surface area contributed by atoms with Crippen LogP contribution in [0, 0.1) is 17.2 Å². The number of para-hydroxylation sites is 1. The molecule has 6 rings (SSSR count). The number of pyridine rings is 2. The number of ether oxygens (including phenoxy) is 1. The summed E-state index contributed by atoms with van der Waals surface area (Å²) in [6.45, 7) is 1.52. The van der Waals surface area contributed by atoms with E-state index in [1.807, 2.05) is 47.2 Å². The van der Waals surface area contributed by atoms with Gasteiger partial charge in [0.05, 0.1) is 35.2 Å². The van der Waals surface area contributed by atoms with Gasteiger partial charge in [-0.3, -0.25) is 4.79 Å². The molecule has 3 aromatic heterocycles. The van der Waals surface area contributed by atoms with Gasteiger partial charge in [-0.15, -0.1) is 0 Å². The van der Waals surface area contributed by atoms with Crippen LogP contribution in [0.1, 0.15) is 47.8 Å². The van der Waals surface area contributed by atoms with Crippen molar-refractivity contribution in [3.8, 4) is 22.9 Å². The molecule has 11 nitrogen and oxygen atoms in total. The highest BCUT2D eigenvalue weighted by Gasteiger charge is 2.35. The van der Waals surface area contributed by atoms with Crippen LogP contribution in [0.4, 0.5) is 5.82 Å². The third kappa shape index (κ3) is 5.45. The number of carbonyl (C=O) groups excluding carboxylic acids is 1. The van der Waals surface area contributed by atoms with Crippen molar-refractivity contribution >= 4 is 32.8 Å². The number of piperidine rings is 1. The quantitative estimate of drug-likeness (QED) is 0.342. The van der Waals surface area contributed by atoms with Crippen LogP contribution < -0.4 is 9.62 Å². The number of nitrogens with zero attached hydrogens (tertiary/aromatic N) is 6. The van der Waals surface area contributed by atoms with Crippen molar-refractivity contribution in [1.29, 1.82) is 5.26 Å². The number of methoxy groups -OCH3 is 1. The van der Waals surface area contributed by atoms with Crippen molar-refractivity contribution in [2.75, 3.05) is 31.4 Å². The maximum atomic E-state index is 13.1. The first-order chi connectivity index (χ1) is 20.2. The number of sulfonamides is 1. The standard InChI is InChI=1S/C30H31N7O4S/c1-41-23-14-21(15-23)28-27-24(20-8-9-26(32-18-20)36-12-10-19(17-31)11-13-36)16-25(30(38)35-42(2,39)40)33-29(27)37(34-28)22-6-4-3-5-7-22/h3-9,16,18-19,21,23H,10-15H2,1-2H3,(H,35,38). The molecule has 0 bridgehead atoms. The average molecular weight is 586 g/mol. The molecule has 1 saturated heterocycles. The predicted octanol–water partition coefficient (Wildman–Crippen LogP) is 3.80. The molecule has 4 heterocycles. The van der Waals surface area contributed by atoms with Crippen LogP contribution in [0.2, 0.25) is 0 Å². The summed E-state index contributed by atoms with van der Waals surface area (Å²) in [4.78, 5) is 24.7. The maximum absolute atomic E-state index is 13.1. The van der Waals surface area contributed by atoms with Crippen LogP contribution in [-0.2, 0) is 14.8 Å². The summed E-state index contributed by atoms with van der Waals surface area (Å²) in [7, 11) is -2.11. The zero-order chi connectivity index (χ0) is 29.4. The smallest absolute Gasteiger partial charge is 0.283 e. The van der Waals surface area contributed by atoms with E-state index in [1.165, 1.54) is 0 Å². The molecule has 4 aromatic rings. The van der Waals surface area contributed by atoms with Gasteiger partial charge >= 0.3 is 0 Å². The summed E-state index contributed by atoms with van der Waals surface area (Å²) in [5, 5.41) is 15.0. The van der Waals surface area contributed by atoms with E-state index in [0.717, 1.165) is 73.2 Å². The lowest BCUT2D eigenvalue weighted by Gasteiger charge is -2.33. The first-order valence-corrected chi connectivity index (χ1v) is 15.8. The van der Waals surface area contributed by atoms with Gasteiger partial charge in [-0.1, -0.05) is 18.2 Å². The van der Waals surface area contributed by atoms with Gasteiger partial charge in [-0.25, -0.2) is 27.8 Å². The number of hydrogen-bond acceptors (Lipinski definition) is 9. The van der Waals surface area contributed by atoms with Crippen molar-refractivity contribution in [2.45, 2.75) is 37.7 Å². The van der Waals surface area contributed by atoms with Crippen molar-refractivity contribution < 1.29 is 17.9 Å². The second-order valence-electron chi connectivity index (χ2n) is 10.9. The Bertz CT molecular complexity index is 1770. The zero-order valence-corrected chi connectivity index (χ0v) is 24.2. The minimum absolute atomic E-state index is 0.0439. The van der Waals surface area contributed by atoms with E-state index in [0.29, 0.717) is 11.2 Å². The number of rotatable bonds is 7. The van der Waals surface area contributed by atoms with Gasteiger partial charge in [0, 0.05) is 43.8 Å². The molecule has 0 unspecified atom stereocenters. The van der Waals surface area contributed by atoms with Gasteiger partial charge in [-0.2, -0.15) is 10.4 Å². The molecule has 42 heavy (non-hydrogen) atoms. The predicted molar refractivity (Wildman–Crippen MR) is 158 cm³/mol. The average Bonchev–Trinajstić information content (AvgIpc) is 3.35. The van der Waals surface area contributed by atoms with E-state index >= 15 is 0 Å². The summed E-state index contributed by atoms with van der Waals surface area (Å²) < 4.78 is 33.2. The fraction of sp³-hybridized carbons (Fsp3) is 0.367. The lowest BCUT2D eigenvalue weighted by atomic mass is 9.78. The van der Waals surface area contributed by atoms with Gasteiger partial charge in [-0.05, 0) is 61.6 Å². The molecule has 1 aliphatic heterocycles. The highest BCUT2D eigenvalue weighted by Crippen LogP contribution is 2.44. The molecule has 1 N–H and O–H groups in total. The first kappa shape index (κ1) is 27.8. The van der Waals surface area contributed by atoms with Crippen LogP contribution in [0.5, 0.6) is 0 Å². The number of benzene rings is 1. The van der Waals surface area contributed by atoms with Gasteiger partial charge < -0.3 is 9.64 Å². The van der Waals surface area contributed by atoms with Gasteiger partial charge in [0.1, 0.15) is 11.5 Å². The van der Waals surface area contributed by atoms with Gasteiger partial charge in [0.25, 0.3) is 5.91 Å². The third-order valence-electron chi connectivity index (χ3n) is 8.05. The maximum Gasteiger partial charge on any atom is 0.283 e. The summed E-state index contributed by atoms with van der Waals surface area (Å²) in [5.74, 6) is 0.201. The van der Waals surface area contributed by atoms with E-state index in [9.17, 15) is 18.5 Å². The monoisotopic (exact) mass is 585 g/mol. The van der Waals surface area contributed by atoms with Crippen LogP contribution in [0.15, 0.2) is 54.7 Å². The number of nitriles is 1. The Hall–Kier alpha value is -4.34. The minimum Gasteiger partial charge on any atom is -0.381 e. The number of amides is 1. The Balaban J connectivity index is 1.50. The molecule has 0 atom stereocenters. The lowest BCUT2D eigenvalue weighted by molar-refractivity contribution is 0.0250. The number of hydrogen-bond donors (Lipinski definition) is 1. The third-order valence-corrected chi connectivity index (χ3v) is 8.61. The van der Waals surface area contributed by atoms with Crippen LogP contribution in [-0.4, -0.2) is 66.6 Å². The number of fused-ring (bicyclic) bond motifs is 1.